The maximum absolute atomic E-state index is 4.60. The second kappa shape index (κ2) is 16.0. The van der Waals surface area contributed by atoms with Crippen LogP contribution in [0.3, 0.4) is 0 Å². The first kappa shape index (κ1) is 12.6. The van der Waals surface area contributed by atoms with Crippen LogP contribution in [0, 0.1) is 12.3 Å². The van der Waals surface area contributed by atoms with E-state index in [1.54, 1.807) is 6.92 Å². The predicted molar refractivity (Wildman–Crippen MR) is 53.0 cm³/mol. The molecule has 0 fully saturated rings. The van der Waals surface area contributed by atoms with E-state index >= 15 is 0 Å². The zero-order valence-electron chi connectivity index (χ0n) is 7.67. The number of terminal acetylenes is 1. The summed E-state index contributed by atoms with van der Waals surface area (Å²) >= 11 is 0. The number of nitrogens with zero attached hydrogens (tertiary/aromatic N) is 1. The van der Waals surface area contributed by atoms with Gasteiger partial charge in [0.1, 0.15) is 0 Å². The molecule has 0 aromatic heterocycles. The molecule has 0 aliphatic rings. The summed E-state index contributed by atoms with van der Waals surface area (Å²) in [5.74, 6) is 2.25. The van der Waals surface area contributed by atoms with Gasteiger partial charge in [-0.15, -0.1) is 12.3 Å². The van der Waals surface area contributed by atoms with E-state index in [1.165, 1.54) is 0 Å². The fourth-order valence-electron chi connectivity index (χ4n) is 0.351. The van der Waals surface area contributed by atoms with Crippen molar-refractivity contribution in [2.24, 2.45) is 4.99 Å². The molecule has 0 atom stereocenters. The Balaban J connectivity index is 0. The van der Waals surface area contributed by atoms with Gasteiger partial charge in [-0.2, -0.15) is 0 Å². The molecule has 1 heteroatoms. The SMILES string of the molecule is C#CC.C/C=C\C=NCCC. The van der Waals surface area contributed by atoms with Crippen LogP contribution < -0.4 is 0 Å². The average molecular weight is 151 g/mol. The minimum absolute atomic E-state index is 0.949. The zero-order valence-corrected chi connectivity index (χ0v) is 7.67. The number of hydrogen-bond acceptors (Lipinski definition) is 1. The van der Waals surface area contributed by atoms with Gasteiger partial charge in [-0.3, -0.25) is 4.99 Å². The number of hydrogen-bond donors (Lipinski definition) is 0. The van der Waals surface area contributed by atoms with Crippen molar-refractivity contribution in [3.05, 3.63) is 12.2 Å². The van der Waals surface area contributed by atoms with Crippen LogP contribution in [0.1, 0.15) is 27.2 Å². The molecule has 0 saturated carbocycles. The van der Waals surface area contributed by atoms with Gasteiger partial charge in [0, 0.05) is 12.8 Å². The van der Waals surface area contributed by atoms with Crippen LogP contribution in [0.15, 0.2) is 17.1 Å². The van der Waals surface area contributed by atoms with Gasteiger partial charge in [0.15, 0.2) is 0 Å². The molecular weight excluding hydrogens is 134 g/mol. The summed E-state index contributed by atoms with van der Waals surface area (Å²) in [6.45, 7) is 6.70. The van der Waals surface area contributed by atoms with E-state index < -0.39 is 0 Å². The topological polar surface area (TPSA) is 12.4 Å². The Kier molecular flexibility index (Phi) is 18.4. The van der Waals surface area contributed by atoms with Gasteiger partial charge in [-0.1, -0.05) is 13.0 Å². The van der Waals surface area contributed by atoms with Gasteiger partial charge in [0.25, 0.3) is 0 Å². The standard InChI is InChI=1S/C7H13N.C3H4/c1-3-5-7-8-6-4-2;1-3-2/h3,5,7H,4,6H2,1-2H3;1H,2H3/b5-3-,8-7?;. The van der Waals surface area contributed by atoms with Gasteiger partial charge in [0.05, 0.1) is 0 Å². The molecule has 0 aromatic carbocycles. The van der Waals surface area contributed by atoms with Crippen molar-refractivity contribution in [2.45, 2.75) is 27.2 Å². The summed E-state index contributed by atoms with van der Waals surface area (Å²) in [4.78, 5) is 4.07. The normalized spacial score (nSPS) is 9.27. The molecule has 0 N–H and O–H groups in total. The summed E-state index contributed by atoms with van der Waals surface area (Å²) < 4.78 is 0. The van der Waals surface area contributed by atoms with Gasteiger partial charge in [-0.05, 0) is 26.3 Å². The van der Waals surface area contributed by atoms with E-state index in [-0.39, 0.29) is 0 Å². The molecule has 0 radical (unpaired) electrons. The van der Waals surface area contributed by atoms with Crippen LogP contribution in [0.4, 0.5) is 0 Å². The zero-order chi connectivity index (χ0) is 8.95. The lowest BCUT2D eigenvalue weighted by molar-refractivity contribution is 0.937. The summed E-state index contributed by atoms with van der Waals surface area (Å²) in [5.41, 5.74) is 0. The minimum atomic E-state index is 0.949. The monoisotopic (exact) mass is 151 g/mol. The van der Waals surface area contributed by atoms with Crippen molar-refractivity contribution in [1.29, 1.82) is 0 Å². The molecule has 62 valence electrons. The molecule has 0 rings (SSSR count). The minimum Gasteiger partial charge on any atom is -0.293 e. The summed E-state index contributed by atoms with van der Waals surface area (Å²) in [7, 11) is 0. The molecular formula is C10H17N. The van der Waals surface area contributed by atoms with Crippen molar-refractivity contribution in [2.75, 3.05) is 6.54 Å². The van der Waals surface area contributed by atoms with Crippen molar-refractivity contribution < 1.29 is 0 Å². The summed E-state index contributed by atoms with van der Waals surface area (Å²) in [6, 6.07) is 0. The van der Waals surface area contributed by atoms with Crippen LogP contribution in [-0.4, -0.2) is 12.8 Å². The molecule has 0 saturated heterocycles. The lowest BCUT2D eigenvalue weighted by Gasteiger charge is -1.79. The Hall–Kier alpha value is -1.03. The van der Waals surface area contributed by atoms with Gasteiger partial charge < -0.3 is 0 Å². The first-order valence-electron chi connectivity index (χ1n) is 3.81. The fourth-order valence-corrected chi connectivity index (χ4v) is 0.351. The maximum atomic E-state index is 4.60. The Morgan fingerprint density at radius 2 is 2.09 bits per heavy atom. The molecule has 0 aliphatic carbocycles. The first-order valence-corrected chi connectivity index (χ1v) is 3.81. The molecule has 0 bridgehead atoms. The smallest absolute Gasteiger partial charge is 0.0386 e. The van der Waals surface area contributed by atoms with Crippen molar-refractivity contribution in [1.82, 2.24) is 0 Å². The van der Waals surface area contributed by atoms with Crippen LogP contribution in [-0.2, 0) is 0 Å². The lowest BCUT2D eigenvalue weighted by Crippen LogP contribution is -1.73. The van der Waals surface area contributed by atoms with Crippen LogP contribution in [0.5, 0.6) is 0 Å². The molecule has 0 unspecified atom stereocenters. The van der Waals surface area contributed by atoms with Crippen LogP contribution >= 0.6 is 0 Å². The predicted octanol–water partition coefficient (Wildman–Crippen LogP) is 2.68. The Morgan fingerprint density at radius 3 is 2.45 bits per heavy atom. The highest BCUT2D eigenvalue weighted by atomic mass is 14.7. The molecule has 0 amide bonds. The maximum Gasteiger partial charge on any atom is 0.0386 e. The third-order valence-electron chi connectivity index (χ3n) is 0.737. The third-order valence-corrected chi connectivity index (χ3v) is 0.737. The molecule has 1 nitrogen and oxygen atoms in total. The first-order chi connectivity index (χ1) is 5.33. The van der Waals surface area contributed by atoms with Crippen molar-refractivity contribution in [3.8, 4) is 12.3 Å². The van der Waals surface area contributed by atoms with Crippen LogP contribution in [0.25, 0.3) is 0 Å². The van der Waals surface area contributed by atoms with E-state index in [0.29, 0.717) is 0 Å². The molecule has 0 spiro atoms. The van der Waals surface area contributed by atoms with Gasteiger partial charge in [-0.25, -0.2) is 0 Å². The van der Waals surface area contributed by atoms with E-state index in [2.05, 4.69) is 24.3 Å². The van der Waals surface area contributed by atoms with E-state index in [4.69, 9.17) is 0 Å². The van der Waals surface area contributed by atoms with Gasteiger partial charge >= 0.3 is 0 Å². The Morgan fingerprint density at radius 1 is 1.55 bits per heavy atom. The van der Waals surface area contributed by atoms with E-state index in [9.17, 15) is 0 Å². The summed E-state index contributed by atoms with van der Waals surface area (Å²) in [5, 5.41) is 0. The highest BCUT2D eigenvalue weighted by Gasteiger charge is 1.67. The third kappa shape index (κ3) is 27.6. The van der Waals surface area contributed by atoms with Crippen LogP contribution in [0.2, 0.25) is 0 Å². The highest BCUT2D eigenvalue weighted by molar-refractivity contribution is 5.70. The molecule has 0 aromatic rings. The second-order valence-corrected chi connectivity index (χ2v) is 1.87. The Bertz CT molecular complexity index is 137. The number of rotatable bonds is 3. The average Bonchev–Trinajstić information content (AvgIpc) is 2.00. The lowest BCUT2D eigenvalue weighted by atomic mass is 10.5. The highest BCUT2D eigenvalue weighted by Crippen LogP contribution is 1.75. The summed E-state index contributed by atoms with van der Waals surface area (Å²) in [6.07, 6.45) is 11.5. The quantitative estimate of drug-likeness (QED) is 0.434. The van der Waals surface area contributed by atoms with Gasteiger partial charge in [0.2, 0.25) is 0 Å². The number of allylic oxidation sites excluding steroid dienone is 2. The van der Waals surface area contributed by atoms with Crippen molar-refractivity contribution in [3.63, 3.8) is 0 Å². The van der Waals surface area contributed by atoms with E-state index in [0.717, 1.165) is 13.0 Å². The number of aliphatic imine (C=N–C) groups is 1. The molecule has 11 heavy (non-hydrogen) atoms. The van der Waals surface area contributed by atoms with Crippen molar-refractivity contribution >= 4 is 6.21 Å². The Labute approximate surface area is 70.2 Å². The fraction of sp³-hybridized carbons (Fsp3) is 0.500. The second-order valence-electron chi connectivity index (χ2n) is 1.87. The van der Waals surface area contributed by atoms with E-state index in [1.807, 2.05) is 25.3 Å². The molecule has 0 heterocycles. The largest absolute Gasteiger partial charge is 0.293 e. The molecule has 0 aliphatic heterocycles.